The van der Waals surface area contributed by atoms with Crippen LogP contribution in [-0.2, 0) is 0 Å². The first kappa shape index (κ1) is 19.6. The first-order valence-electron chi connectivity index (χ1n) is 10.1. The van der Waals surface area contributed by atoms with E-state index >= 15 is 0 Å². The minimum atomic E-state index is 0.570. The molecule has 7 heteroatoms. The molecule has 0 aliphatic heterocycles. The van der Waals surface area contributed by atoms with E-state index in [-0.39, 0.29) is 0 Å². The van der Waals surface area contributed by atoms with Crippen molar-refractivity contribution in [3.63, 3.8) is 0 Å². The highest BCUT2D eigenvalue weighted by molar-refractivity contribution is 5.84. The molecule has 32 heavy (non-hydrogen) atoms. The summed E-state index contributed by atoms with van der Waals surface area (Å²) in [7, 11) is 3.28. The zero-order chi connectivity index (χ0) is 21.9. The third kappa shape index (κ3) is 3.60. The Morgan fingerprint density at radius 2 is 1.59 bits per heavy atom. The number of rotatable bonds is 6. The van der Waals surface area contributed by atoms with Gasteiger partial charge in [0.2, 0.25) is 5.88 Å². The van der Waals surface area contributed by atoms with Crippen LogP contribution in [0.2, 0.25) is 0 Å². The fourth-order valence-corrected chi connectivity index (χ4v) is 3.58. The number of hydrogen-bond acceptors (Lipinski definition) is 6. The molecule has 0 spiro atoms. The molecule has 3 heterocycles. The van der Waals surface area contributed by atoms with E-state index in [2.05, 4.69) is 10.3 Å². The molecule has 1 N–H and O–H groups in total. The first-order chi connectivity index (χ1) is 15.8. The van der Waals surface area contributed by atoms with Crippen LogP contribution in [0.1, 0.15) is 0 Å². The van der Waals surface area contributed by atoms with Crippen LogP contribution in [-0.4, -0.2) is 33.8 Å². The first-order valence-corrected chi connectivity index (χ1v) is 10.1. The van der Waals surface area contributed by atoms with Gasteiger partial charge in [0.15, 0.2) is 5.65 Å². The van der Waals surface area contributed by atoms with Gasteiger partial charge in [-0.05, 0) is 29.8 Å². The van der Waals surface area contributed by atoms with Gasteiger partial charge < -0.3 is 14.8 Å². The Balaban J connectivity index is 1.74. The lowest BCUT2D eigenvalue weighted by Crippen LogP contribution is -2.06. The molecular formula is C25H21N5O2. The number of anilines is 2. The van der Waals surface area contributed by atoms with Gasteiger partial charge in [0.05, 0.1) is 25.5 Å². The largest absolute Gasteiger partial charge is 0.497 e. The molecule has 7 nitrogen and oxygen atoms in total. The Morgan fingerprint density at radius 3 is 2.28 bits per heavy atom. The van der Waals surface area contributed by atoms with Gasteiger partial charge in [0.25, 0.3) is 0 Å². The van der Waals surface area contributed by atoms with Crippen molar-refractivity contribution in [1.82, 2.24) is 19.6 Å². The summed E-state index contributed by atoms with van der Waals surface area (Å²) in [4.78, 5) is 9.27. The summed E-state index contributed by atoms with van der Waals surface area (Å²) >= 11 is 0. The molecule has 0 unspecified atom stereocenters. The summed E-state index contributed by atoms with van der Waals surface area (Å²) in [5.74, 6) is 2.65. The van der Waals surface area contributed by atoms with Crippen molar-refractivity contribution in [2.45, 2.75) is 0 Å². The zero-order valence-electron chi connectivity index (χ0n) is 17.7. The second-order valence-electron chi connectivity index (χ2n) is 7.08. The van der Waals surface area contributed by atoms with E-state index in [1.807, 2.05) is 78.9 Å². The molecule has 5 rings (SSSR count). The number of benzene rings is 2. The van der Waals surface area contributed by atoms with E-state index in [9.17, 15) is 0 Å². The van der Waals surface area contributed by atoms with Crippen molar-refractivity contribution in [3.8, 4) is 34.0 Å². The Hall–Kier alpha value is -4.39. The highest BCUT2D eigenvalue weighted by Crippen LogP contribution is 2.38. The van der Waals surface area contributed by atoms with Crippen molar-refractivity contribution in [2.75, 3.05) is 19.5 Å². The predicted molar refractivity (Wildman–Crippen MR) is 124 cm³/mol. The lowest BCUT2D eigenvalue weighted by atomic mass is 10.1. The van der Waals surface area contributed by atoms with E-state index < -0.39 is 0 Å². The third-order valence-electron chi connectivity index (χ3n) is 5.11. The molecule has 2 aromatic carbocycles. The van der Waals surface area contributed by atoms with Crippen molar-refractivity contribution in [2.24, 2.45) is 0 Å². The quantitative estimate of drug-likeness (QED) is 0.404. The normalized spacial score (nSPS) is 10.8. The fourth-order valence-electron chi connectivity index (χ4n) is 3.58. The molecule has 0 saturated heterocycles. The standard InChI is InChI=1S/C25H21N5O2/c1-31-19-13-11-18(12-14-19)23-24(27-21-10-6-7-15-26-21)28-22-16-20(17-8-4-3-5-9-17)29-30(22)25(23)32-2/h3-16H,1-2H3,(H,26,27,28). The third-order valence-corrected chi connectivity index (χ3v) is 5.11. The van der Waals surface area contributed by atoms with Crippen LogP contribution in [0.5, 0.6) is 11.6 Å². The van der Waals surface area contributed by atoms with Gasteiger partial charge in [-0.15, -0.1) is 0 Å². The van der Waals surface area contributed by atoms with Crippen molar-refractivity contribution in [1.29, 1.82) is 0 Å². The molecule has 0 aliphatic carbocycles. The smallest absolute Gasteiger partial charge is 0.228 e. The minimum Gasteiger partial charge on any atom is -0.497 e. The molecule has 0 atom stereocenters. The van der Waals surface area contributed by atoms with Gasteiger partial charge in [-0.25, -0.2) is 9.97 Å². The van der Waals surface area contributed by atoms with E-state index in [0.717, 1.165) is 28.1 Å². The van der Waals surface area contributed by atoms with Crippen molar-refractivity contribution >= 4 is 17.3 Å². The maximum atomic E-state index is 5.87. The molecule has 0 fully saturated rings. The number of methoxy groups -OCH3 is 2. The van der Waals surface area contributed by atoms with E-state index in [1.54, 1.807) is 24.9 Å². The van der Waals surface area contributed by atoms with E-state index in [1.165, 1.54) is 0 Å². The topological polar surface area (TPSA) is 73.6 Å². The SMILES string of the molecule is COc1ccc(-c2c(Nc3ccccn3)nc3cc(-c4ccccc4)nn3c2OC)cc1. The Labute approximate surface area is 185 Å². The number of nitrogens with one attached hydrogen (secondary N) is 1. The highest BCUT2D eigenvalue weighted by Gasteiger charge is 2.21. The van der Waals surface area contributed by atoms with Crippen molar-refractivity contribution in [3.05, 3.63) is 85.1 Å². The van der Waals surface area contributed by atoms with Crippen LogP contribution in [0, 0.1) is 0 Å². The summed E-state index contributed by atoms with van der Waals surface area (Å²) in [5.41, 5.74) is 4.16. The Morgan fingerprint density at radius 1 is 0.812 bits per heavy atom. The number of aromatic nitrogens is 4. The summed E-state index contributed by atoms with van der Waals surface area (Å²) in [5, 5.41) is 8.12. The average Bonchev–Trinajstić information content (AvgIpc) is 3.28. The van der Waals surface area contributed by atoms with Gasteiger partial charge in [-0.3, -0.25) is 0 Å². The van der Waals surface area contributed by atoms with Crippen LogP contribution in [0.4, 0.5) is 11.6 Å². The van der Waals surface area contributed by atoms with Crippen LogP contribution in [0.3, 0.4) is 0 Å². The lowest BCUT2D eigenvalue weighted by Gasteiger charge is -2.16. The van der Waals surface area contributed by atoms with Crippen LogP contribution < -0.4 is 14.8 Å². The number of fused-ring (bicyclic) bond motifs is 1. The maximum Gasteiger partial charge on any atom is 0.228 e. The summed E-state index contributed by atoms with van der Waals surface area (Å²) in [6, 6.07) is 25.4. The summed E-state index contributed by atoms with van der Waals surface area (Å²) in [6.07, 6.45) is 1.73. The molecule has 3 aromatic heterocycles. The van der Waals surface area contributed by atoms with E-state index in [0.29, 0.717) is 23.2 Å². The maximum absolute atomic E-state index is 5.87. The van der Waals surface area contributed by atoms with Crippen LogP contribution in [0.25, 0.3) is 28.0 Å². The molecular weight excluding hydrogens is 402 g/mol. The summed E-state index contributed by atoms with van der Waals surface area (Å²) in [6.45, 7) is 0. The minimum absolute atomic E-state index is 0.570. The number of ether oxygens (including phenoxy) is 2. The van der Waals surface area contributed by atoms with Crippen LogP contribution in [0.15, 0.2) is 85.1 Å². The molecule has 158 valence electrons. The summed E-state index contributed by atoms with van der Waals surface area (Å²) < 4.78 is 12.9. The molecule has 0 amide bonds. The second kappa shape index (κ2) is 8.39. The fraction of sp³-hybridized carbons (Fsp3) is 0.0800. The monoisotopic (exact) mass is 423 g/mol. The average molecular weight is 423 g/mol. The molecule has 5 aromatic rings. The lowest BCUT2D eigenvalue weighted by molar-refractivity contribution is 0.387. The predicted octanol–water partition coefficient (Wildman–Crippen LogP) is 5.22. The Kier molecular flexibility index (Phi) is 5.13. The second-order valence-corrected chi connectivity index (χ2v) is 7.08. The molecule has 0 radical (unpaired) electrons. The van der Waals surface area contributed by atoms with E-state index in [4.69, 9.17) is 19.6 Å². The van der Waals surface area contributed by atoms with Gasteiger partial charge in [0.1, 0.15) is 17.4 Å². The van der Waals surface area contributed by atoms with Gasteiger partial charge >= 0.3 is 0 Å². The number of nitrogens with zero attached hydrogens (tertiary/aromatic N) is 4. The Bertz CT molecular complexity index is 1350. The van der Waals surface area contributed by atoms with Gasteiger partial charge in [-0.2, -0.15) is 9.61 Å². The molecule has 0 aliphatic rings. The molecule has 0 saturated carbocycles. The molecule has 0 bridgehead atoms. The number of hydrogen-bond donors (Lipinski definition) is 1. The van der Waals surface area contributed by atoms with Crippen molar-refractivity contribution < 1.29 is 9.47 Å². The van der Waals surface area contributed by atoms with Crippen LogP contribution >= 0.6 is 0 Å². The van der Waals surface area contributed by atoms with Gasteiger partial charge in [0, 0.05) is 17.8 Å². The number of pyridine rings is 1. The van der Waals surface area contributed by atoms with Gasteiger partial charge in [-0.1, -0.05) is 48.5 Å². The highest BCUT2D eigenvalue weighted by atomic mass is 16.5. The zero-order valence-corrected chi connectivity index (χ0v) is 17.7.